The Hall–Kier alpha value is -2.27. The van der Waals surface area contributed by atoms with Crippen LogP contribution in [-0.4, -0.2) is 4.92 Å². The summed E-state index contributed by atoms with van der Waals surface area (Å²) in [7, 11) is 0. The molecule has 2 rings (SSSR count). The number of nitrogen functional groups attached to an aromatic ring is 1. The summed E-state index contributed by atoms with van der Waals surface area (Å²) < 4.78 is 0. The first-order valence-corrected chi connectivity index (χ1v) is 5.97. The highest BCUT2D eigenvalue weighted by Gasteiger charge is 2.13. The molecule has 19 heavy (non-hydrogen) atoms. The van der Waals surface area contributed by atoms with Crippen LogP contribution in [-0.2, 0) is 6.54 Å². The van der Waals surface area contributed by atoms with Crippen molar-refractivity contribution in [3.05, 3.63) is 63.2 Å². The molecule has 0 aliphatic rings. The Morgan fingerprint density at radius 2 is 2.00 bits per heavy atom. The van der Waals surface area contributed by atoms with Gasteiger partial charge in [0.15, 0.2) is 0 Å². The van der Waals surface area contributed by atoms with Crippen molar-refractivity contribution >= 4 is 28.7 Å². The third-order valence-electron chi connectivity index (χ3n) is 2.68. The molecule has 0 radical (unpaired) electrons. The molecule has 0 fully saturated rings. The third-order valence-corrected chi connectivity index (χ3v) is 2.91. The van der Waals surface area contributed by atoms with Crippen LogP contribution in [0.15, 0.2) is 42.5 Å². The van der Waals surface area contributed by atoms with Crippen LogP contribution in [0.1, 0.15) is 5.56 Å². The highest BCUT2D eigenvalue weighted by Crippen LogP contribution is 2.28. The van der Waals surface area contributed by atoms with Gasteiger partial charge in [0.1, 0.15) is 5.69 Å². The summed E-state index contributed by atoms with van der Waals surface area (Å²) >= 11 is 5.85. The van der Waals surface area contributed by atoms with Gasteiger partial charge in [0.25, 0.3) is 5.69 Å². The molecule has 6 heteroatoms. The van der Waals surface area contributed by atoms with E-state index >= 15 is 0 Å². The maximum Gasteiger partial charge on any atom is 0.292 e. The van der Waals surface area contributed by atoms with Crippen LogP contribution in [0, 0.1) is 10.1 Å². The van der Waals surface area contributed by atoms with E-state index in [1.807, 2.05) is 18.2 Å². The second-order valence-corrected chi connectivity index (χ2v) is 4.41. The van der Waals surface area contributed by atoms with Gasteiger partial charge in [0, 0.05) is 23.3 Å². The lowest BCUT2D eigenvalue weighted by Gasteiger charge is -2.09. The second kappa shape index (κ2) is 5.58. The molecule has 0 unspecified atom stereocenters. The molecule has 0 atom stereocenters. The van der Waals surface area contributed by atoms with E-state index in [0.29, 0.717) is 22.9 Å². The van der Waals surface area contributed by atoms with Gasteiger partial charge in [0.2, 0.25) is 0 Å². The first-order chi connectivity index (χ1) is 9.08. The number of hydrogen-bond acceptors (Lipinski definition) is 4. The summed E-state index contributed by atoms with van der Waals surface area (Å²) in [6.45, 7) is 0.397. The predicted molar refractivity (Wildman–Crippen MR) is 76.3 cm³/mol. The maximum absolute atomic E-state index is 10.9. The zero-order chi connectivity index (χ0) is 13.8. The van der Waals surface area contributed by atoms with Crippen molar-refractivity contribution in [3.8, 4) is 0 Å². The van der Waals surface area contributed by atoms with Gasteiger partial charge in [-0.05, 0) is 23.8 Å². The first-order valence-electron chi connectivity index (χ1n) is 5.59. The van der Waals surface area contributed by atoms with Crippen LogP contribution >= 0.6 is 11.6 Å². The van der Waals surface area contributed by atoms with Crippen LogP contribution in [0.2, 0.25) is 5.02 Å². The summed E-state index contributed by atoms with van der Waals surface area (Å²) in [6, 6.07) is 11.7. The average Bonchev–Trinajstić information content (AvgIpc) is 2.37. The van der Waals surface area contributed by atoms with E-state index in [9.17, 15) is 10.1 Å². The fraction of sp³-hybridized carbons (Fsp3) is 0.0769. The van der Waals surface area contributed by atoms with E-state index in [2.05, 4.69) is 5.32 Å². The number of anilines is 2. The Morgan fingerprint density at radius 1 is 1.26 bits per heavy atom. The Morgan fingerprint density at radius 3 is 2.68 bits per heavy atom. The molecular weight excluding hydrogens is 266 g/mol. The largest absolute Gasteiger partial charge is 0.398 e. The smallest absolute Gasteiger partial charge is 0.292 e. The van der Waals surface area contributed by atoms with Gasteiger partial charge >= 0.3 is 0 Å². The molecular formula is C13H12ClN3O2. The molecule has 0 aliphatic heterocycles. The number of nitro benzene ring substituents is 1. The van der Waals surface area contributed by atoms with Crippen molar-refractivity contribution in [1.29, 1.82) is 0 Å². The lowest BCUT2D eigenvalue weighted by Crippen LogP contribution is -2.04. The SMILES string of the molecule is Nc1ccccc1CNc1cc(Cl)ccc1[N+](=O)[O-]. The van der Waals surface area contributed by atoms with Crippen molar-refractivity contribution < 1.29 is 4.92 Å². The topological polar surface area (TPSA) is 81.2 Å². The number of nitrogens with one attached hydrogen (secondary N) is 1. The van der Waals surface area contributed by atoms with Gasteiger partial charge < -0.3 is 11.1 Å². The highest BCUT2D eigenvalue weighted by molar-refractivity contribution is 6.31. The molecule has 98 valence electrons. The van der Waals surface area contributed by atoms with Gasteiger partial charge in [-0.2, -0.15) is 0 Å². The number of hydrogen-bond donors (Lipinski definition) is 2. The first kappa shape index (κ1) is 13.2. The number of nitrogens with zero attached hydrogens (tertiary/aromatic N) is 1. The predicted octanol–water partition coefficient (Wildman–Crippen LogP) is 3.44. The quantitative estimate of drug-likeness (QED) is 0.509. The van der Waals surface area contributed by atoms with E-state index in [0.717, 1.165) is 5.56 Å². The Kier molecular flexibility index (Phi) is 3.87. The molecule has 0 aliphatic carbocycles. The van der Waals surface area contributed by atoms with Crippen LogP contribution in [0.4, 0.5) is 17.1 Å². The molecule has 0 amide bonds. The molecule has 0 saturated heterocycles. The number of nitro groups is 1. The van der Waals surface area contributed by atoms with E-state index < -0.39 is 4.92 Å². The zero-order valence-corrected chi connectivity index (χ0v) is 10.7. The Bertz CT molecular complexity index is 617. The van der Waals surface area contributed by atoms with E-state index in [-0.39, 0.29) is 5.69 Å². The van der Waals surface area contributed by atoms with Crippen LogP contribution in [0.5, 0.6) is 0 Å². The van der Waals surface area contributed by atoms with Gasteiger partial charge in [-0.3, -0.25) is 10.1 Å². The molecule has 2 aromatic carbocycles. The summed E-state index contributed by atoms with van der Waals surface area (Å²) in [5, 5.41) is 14.3. The molecule has 5 nitrogen and oxygen atoms in total. The molecule has 0 saturated carbocycles. The Balaban J connectivity index is 2.22. The monoisotopic (exact) mass is 277 g/mol. The summed E-state index contributed by atoms with van der Waals surface area (Å²) in [4.78, 5) is 10.5. The van der Waals surface area contributed by atoms with Crippen molar-refractivity contribution in [3.63, 3.8) is 0 Å². The number of para-hydroxylation sites is 1. The molecule has 0 heterocycles. The fourth-order valence-electron chi connectivity index (χ4n) is 1.69. The maximum atomic E-state index is 10.9. The minimum absolute atomic E-state index is 0.0149. The van der Waals surface area contributed by atoms with Crippen molar-refractivity contribution in [2.24, 2.45) is 0 Å². The summed E-state index contributed by atoms with van der Waals surface area (Å²) in [5.41, 5.74) is 7.68. The molecule has 2 aromatic rings. The number of benzene rings is 2. The van der Waals surface area contributed by atoms with Gasteiger partial charge in [-0.15, -0.1) is 0 Å². The minimum Gasteiger partial charge on any atom is -0.398 e. The summed E-state index contributed by atoms with van der Waals surface area (Å²) in [5.74, 6) is 0. The van der Waals surface area contributed by atoms with Crippen molar-refractivity contribution in [2.45, 2.75) is 6.54 Å². The number of rotatable bonds is 4. The zero-order valence-electron chi connectivity index (χ0n) is 9.97. The van der Waals surface area contributed by atoms with Gasteiger partial charge in [-0.1, -0.05) is 29.8 Å². The summed E-state index contributed by atoms with van der Waals surface area (Å²) in [6.07, 6.45) is 0. The standard InChI is InChI=1S/C13H12ClN3O2/c14-10-5-6-13(17(18)19)12(7-10)16-8-9-3-1-2-4-11(9)15/h1-7,16H,8,15H2. The van der Waals surface area contributed by atoms with Crippen molar-refractivity contribution in [2.75, 3.05) is 11.1 Å². The Labute approximate surface area is 115 Å². The molecule has 3 N–H and O–H groups in total. The lowest BCUT2D eigenvalue weighted by molar-refractivity contribution is -0.384. The number of nitrogens with two attached hydrogens (primary N) is 1. The fourth-order valence-corrected chi connectivity index (χ4v) is 1.87. The van der Waals surface area contributed by atoms with E-state index in [1.54, 1.807) is 6.07 Å². The van der Waals surface area contributed by atoms with Crippen LogP contribution < -0.4 is 11.1 Å². The normalized spacial score (nSPS) is 10.2. The lowest BCUT2D eigenvalue weighted by atomic mass is 10.1. The van der Waals surface area contributed by atoms with Gasteiger partial charge in [0.05, 0.1) is 4.92 Å². The van der Waals surface area contributed by atoms with Crippen LogP contribution in [0.3, 0.4) is 0 Å². The molecule has 0 aromatic heterocycles. The molecule has 0 spiro atoms. The van der Waals surface area contributed by atoms with Gasteiger partial charge in [-0.25, -0.2) is 0 Å². The highest BCUT2D eigenvalue weighted by atomic mass is 35.5. The third kappa shape index (κ3) is 3.14. The second-order valence-electron chi connectivity index (χ2n) is 3.97. The van der Waals surface area contributed by atoms with Crippen LogP contribution in [0.25, 0.3) is 0 Å². The molecule has 0 bridgehead atoms. The van der Waals surface area contributed by atoms with E-state index in [1.165, 1.54) is 18.2 Å². The average molecular weight is 278 g/mol. The number of halogens is 1. The van der Waals surface area contributed by atoms with Crippen molar-refractivity contribution in [1.82, 2.24) is 0 Å². The minimum atomic E-state index is -0.451. The van der Waals surface area contributed by atoms with E-state index in [4.69, 9.17) is 17.3 Å².